The van der Waals surface area contributed by atoms with Crippen LogP contribution in [0.25, 0.3) is 4.96 Å². The van der Waals surface area contributed by atoms with E-state index in [9.17, 15) is 9.18 Å². The molecule has 0 aliphatic carbocycles. The smallest absolute Gasteiger partial charge is 0.294 e. The van der Waals surface area contributed by atoms with Crippen molar-refractivity contribution in [2.75, 3.05) is 11.9 Å². The third kappa shape index (κ3) is 3.55. The number of hydrogen-bond acceptors (Lipinski definition) is 8. The minimum Gasteiger partial charge on any atom is -0.464 e. The lowest BCUT2D eigenvalue weighted by molar-refractivity contribution is -0.114. The molecule has 0 spiro atoms. The summed E-state index contributed by atoms with van der Waals surface area (Å²) >= 11 is 2.56. The second kappa shape index (κ2) is 6.89. The zero-order chi connectivity index (χ0) is 18.3. The van der Waals surface area contributed by atoms with Gasteiger partial charge in [-0.3, -0.25) is 9.69 Å². The Hall–Kier alpha value is -2.11. The summed E-state index contributed by atoms with van der Waals surface area (Å²) in [5.41, 5.74) is 0. The number of rotatable bonds is 5. The molecule has 1 amide bonds. The van der Waals surface area contributed by atoms with E-state index >= 15 is 0 Å². The molecule has 1 aliphatic heterocycles. The Morgan fingerprint density at radius 2 is 2.35 bits per heavy atom. The molecule has 0 saturated carbocycles. The Morgan fingerprint density at radius 3 is 3.12 bits per heavy atom. The number of nitrogens with one attached hydrogen (secondary N) is 1. The standard InChI is InChI=1S/C15H17FN6O2S2/c1-8-5-10(24-15-20-22-4-3-17-14(22)26-15)6-21(8)7-11-12(16)19-13(25-11)18-9(2)23/h3-4,8,10H,5-7H2,1-2H3,(H,18,19,23)/t8-,10+/m0/s1. The van der Waals surface area contributed by atoms with Crippen molar-refractivity contribution in [3.8, 4) is 5.19 Å². The first-order valence-corrected chi connectivity index (χ1v) is 9.75. The summed E-state index contributed by atoms with van der Waals surface area (Å²) in [5, 5.41) is 7.74. The monoisotopic (exact) mass is 396 g/mol. The molecule has 3 aromatic rings. The largest absolute Gasteiger partial charge is 0.464 e. The molecule has 0 radical (unpaired) electrons. The molecule has 3 aromatic heterocycles. The van der Waals surface area contributed by atoms with Crippen molar-refractivity contribution in [2.45, 2.75) is 39.0 Å². The number of hydrogen-bond donors (Lipinski definition) is 1. The van der Waals surface area contributed by atoms with Crippen LogP contribution >= 0.6 is 22.7 Å². The van der Waals surface area contributed by atoms with E-state index in [4.69, 9.17) is 4.74 Å². The number of anilines is 1. The van der Waals surface area contributed by atoms with Gasteiger partial charge < -0.3 is 10.1 Å². The number of nitrogens with zero attached hydrogens (tertiary/aromatic N) is 5. The lowest BCUT2D eigenvalue weighted by Gasteiger charge is -2.19. The quantitative estimate of drug-likeness (QED) is 0.713. The van der Waals surface area contributed by atoms with Gasteiger partial charge in [-0.05, 0) is 18.3 Å². The van der Waals surface area contributed by atoms with E-state index in [-0.39, 0.29) is 23.2 Å². The topological polar surface area (TPSA) is 84.7 Å². The Bertz CT molecular complexity index is 909. The van der Waals surface area contributed by atoms with Crippen molar-refractivity contribution in [3.05, 3.63) is 23.2 Å². The number of thiazole rings is 1. The van der Waals surface area contributed by atoms with Gasteiger partial charge in [0.1, 0.15) is 6.10 Å². The van der Waals surface area contributed by atoms with Gasteiger partial charge in [0.05, 0.1) is 11.1 Å². The Morgan fingerprint density at radius 1 is 1.50 bits per heavy atom. The highest BCUT2D eigenvalue weighted by Crippen LogP contribution is 2.30. The van der Waals surface area contributed by atoms with Crippen LogP contribution in [0.15, 0.2) is 12.4 Å². The van der Waals surface area contributed by atoms with Crippen LogP contribution in [0.5, 0.6) is 5.19 Å². The molecule has 1 fully saturated rings. The molecular weight excluding hydrogens is 379 g/mol. The van der Waals surface area contributed by atoms with Crippen molar-refractivity contribution in [2.24, 2.45) is 0 Å². The Kier molecular flexibility index (Phi) is 4.59. The van der Waals surface area contributed by atoms with Gasteiger partial charge in [-0.2, -0.15) is 9.37 Å². The first kappa shape index (κ1) is 17.3. The fourth-order valence-electron chi connectivity index (χ4n) is 2.98. The van der Waals surface area contributed by atoms with Crippen LogP contribution < -0.4 is 10.1 Å². The van der Waals surface area contributed by atoms with E-state index in [0.717, 1.165) is 22.7 Å². The van der Waals surface area contributed by atoms with Crippen LogP contribution in [-0.2, 0) is 11.3 Å². The molecule has 11 heteroatoms. The average molecular weight is 396 g/mol. The first-order chi connectivity index (χ1) is 12.5. The second-order valence-electron chi connectivity index (χ2n) is 6.19. The zero-order valence-corrected chi connectivity index (χ0v) is 15.8. The number of fused-ring (bicyclic) bond motifs is 1. The number of amides is 1. The molecule has 138 valence electrons. The van der Waals surface area contributed by atoms with E-state index in [0.29, 0.717) is 23.2 Å². The minimum atomic E-state index is -0.531. The maximum atomic E-state index is 14.0. The lowest BCUT2D eigenvalue weighted by Crippen LogP contribution is -2.28. The van der Waals surface area contributed by atoms with Gasteiger partial charge in [0.25, 0.3) is 5.19 Å². The van der Waals surface area contributed by atoms with Gasteiger partial charge >= 0.3 is 0 Å². The predicted molar refractivity (Wildman–Crippen MR) is 96.1 cm³/mol. The van der Waals surface area contributed by atoms with E-state index < -0.39 is 5.95 Å². The summed E-state index contributed by atoms with van der Waals surface area (Å²) in [6.45, 7) is 4.58. The van der Waals surface area contributed by atoms with Gasteiger partial charge in [-0.15, -0.1) is 5.10 Å². The van der Waals surface area contributed by atoms with Crippen LogP contribution in [0, 0.1) is 5.95 Å². The summed E-state index contributed by atoms with van der Waals surface area (Å²) in [7, 11) is 0. The summed E-state index contributed by atoms with van der Waals surface area (Å²) < 4.78 is 21.7. The second-order valence-corrected chi connectivity index (χ2v) is 8.19. The zero-order valence-electron chi connectivity index (χ0n) is 14.2. The molecule has 8 nitrogen and oxygen atoms in total. The van der Waals surface area contributed by atoms with E-state index in [1.54, 1.807) is 16.9 Å². The predicted octanol–water partition coefficient (Wildman–Crippen LogP) is 2.39. The average Bonchev–Trinajstić information content (AvgIpc) is 3.27. The van der Waals surface area contributed by atoms with E-state index in [1.807, 2.05) is 0 Å². The number of likely N-dealkylation sites (tertiary alicyclic amines) is 1. The molecule has 2 atom stereocenters. The number of imidazole rings is 1. The molecule has 4 rings (SSSR count). The van der Waals surface area contributed by atoms with E-state index in [2.05, 4.69) is 32.2 Å². The summed E-state index contributed by atoms with van der Waals surface area (Å²) in [6, 6.07) is 0.245. The van der Waals surface area contributed by atoms with Gasteiger partial charge in [-0.25, -0.2) is 9.50 Å². The van der Waals surface area contributed by atoms with Crippen LogP contribution in [0.1, 0.15) is 25.1 Å². The van der Waals surface area contributed by atoms with Crippen molar-refractivity contribution in [1.29, 1.82) is 0 Å². The molecule has 1 saturated heterocycles. The van der Waals surface area contributed by atoms with Crippen molar-refractivity contribution < 1.29 is 13.9 Å². The number of carbonyl (C=O) groups excluding carboxylic acids is 1. The summed E-state index contributed by atoms with van der Waals surface area (Å²) in [6.07, 6.45) is 4.30. The fraction of sp³-hybridized carbons (Fsp3) is 0.467. The molecule has 4 heterocycles. The van der Waals surface area contributed by atoms with Crippen LogP contribution in [0.3, 0.4) is 0 Å². The number of ether oxygens (including phenoxy) is 1. The van der Waals surface area contributed by atoms with Crippen molar-refractivity contribution in [1.82, 2.24) is 24.5 Å². The molecule has 0 aromatic carbocycles. The fourth-order valence-corrected chi connectivity index (χ4v) is 4.67. The third-order valence-corrected chi connectivity index (χ3v) is 5.93. The van der Waals surface area contributed by atoms with Gasteiger partial charge in [0, 0.05) is 38.7 Å². The Balaban J connectivity index is 1.40. The highest BCUT2D eigenvalue weighted by molar-refractivity contribution is 7.18. The normalized spacial score (nSPS) is 20.7. The highest BCUT2D eigenvalue weighted by atomic mass is 32.1. The van der Waals surface area contributed by atoms with Crippen molar-refractivity contribution >= 4 is 38.7 Å². The SMILES string of the molecule is CC(=O)Nc1nc(F)c(CN2C[C@H](Oc3nn4ccnc4s3)C[C@@H]2C)s1. The minimum absolute atomic E-state index is 0.00773. The maximum Gasteiger partial charge on any atom is 0.294 e. The molecule has 1 aliphatic rings. The first-order valence-electron chi connectivity index (χ1n) is 8.11. The highest BCUT2D eigenvalue weighted by Gasteiger charge is 2.32. The maximum absolute atomic E-state index is 14.0. The van der Waals surface area contributed by atoms with Gasteiger partial charge in [0.15, 0.2) is 5.13 Å². The Labute approximate surface area is 156 Å². The molecule has 0 bridgehead atoms. The van der Waals surface area contributed by atoms with Crippen molar-refractivity contribution in [3.63, 3.8) is 0 Å². The molecule has 0 unspecified atom stereocenters. The van der Waals surface area contributed by atoms with E-state index in [1.165, 1.54) is 18.3 Å². The molecular formula is C15H17FN6O2S2. The lowest BCUT2D eigenvalue weighted by atomic mass is 10.2. The van der Waals surface area contributed by atoms with Crippen LogP contribution in [0.2, 0.25) is 0 Å². The van der Waals surface area contributed by atoms with Gasteiger partial charge in [0.2, 0.25) is 16.8 Å². The number of aromatic nitrogens is 4. The molecule has 1 N–H and O–H groups in total. The van der Waals surface area contributed by atoms with Crippen LogP contribution in [0.4, 0.5) is 9.52 Å². The van der Waals surface area contributed by atoms with Gasteiger partial charge in [-0.1, -0.05) is 11.3 Å². The summed E-state index contributed by atoms with van der Waals surface area (Å²) in [5.74, 6) is -0.792. The number of halogens is 1. The van der Waals surface area contributed by atoms with Crippen LogP contribution in [-0.4, -0.2) is 49.1 Å². The number of carbonyl (C=O) groups is 1. The molecule has 26 heavy (non-hydrogen) atoms. The summed E-state index contributed by atoms with van der Waals surface area (Å²) in [4.78, 5) is 22.5. The third-order valence-electron chi connectivity index (χ3n) is 4.17.